The fourth-order valence-electron chi connectivity index (χ4n) is 3.91. The van der Waals surface area contributed by atoms with Crippen molar-refractivity contribution in [2.45, 2.75) is 39.2 Å². The van der Waals surface area contributed by atoms with Crippen molar-refractivity contribution in [3.63, 3.8) is 0 Å². The number of aryl methyl sites for hydroxylation is 2. The van der Waals surface area contributed by atoms with E-state index in [9.17, 15) is 9.59 Å². The summed E-state index contributed by atoms with van der Waals surface area (Å²) in [7, 11) is 0. The van der Waals surface area contributed by atoms with Gasteiger partial charge in [0.25, 0.3) is 0 Å². The van der Waals surface area contributed by atoms with Crippen molar-refractivity contribution in [3.8, 4) is 6.07 Å². The summed E-state index contributed by atoms with van der Waals surface area (Å²) in [5.74, 6) is -0.0280. The summed E-state index contributed by atoms with van der Waals surface area (Å²) >= 11 is 1.49. The third kappa shape index (κ3) is 3.96. The molecule has 0 bridgehead atoms. The minimum absolute atomic E-state index is 0.236. The van der Waals surface area contributed by atoms with E-state index in [1.807, 2.05) is 34.9 Å². The van der Waals surface area contributed by atoms with E-state index in [1.54, 1.807) is 6.20 Å². The SMILES string of the molecule is C[C@H]1CCc2sc(C(=O)OCC(=O)c3cn(CCC#N)c4ccccc34)cc2C1. The lowest BCUT2D eigenvalue weighted by atomic mass is 9.90. The molecule has 1 aliphatic rings. The van der Waals surface area contributed by atoms with E-state index in [4.69, 9.17) is 10.00 Å². The maximum absolute atomic E-state index is 12.8. The molecule has 0 fully saturated rings. The molecule has 0 spiro atoms. The topological polar surface area (TPSA) is 72.1 Å². The van der Waals surface area contributed by atoms with Crippen LogP contribution in [0.15, 0.2) is 36.5 Å². The number of thiophene rings is 1. The monoisotopic (exact) mass is 406 g/mol. The molecule has 6 heteroatoms. The molecule has 148 valence electrons. The number of fused-ring (bicyclic) bond motifs is 2. The molecule has 0 N–H and O–H groups in total. The molecule has 0 radical (unpaired) electrons. The summed E-state index contributed by atoms with van der Waals surface area (Å²) in [6, 6.07) is 11.6. The van der Waals surface area contributed by atoms with Crippen LogP contribution in [0.1, 0.15) is 50.2 Å². The van der Waals surface area contributed by atoms with Crippen LogP contribution in [0.4, 0.5) is 0 Å². The Hall–Kier alpha value is -2.91. The van der Waals surface area contributed by atoms with E-state index < -0.39 is 5.97 Å². The van der Waals surface area contributed by atoms with Gasteiger partial charge in [-0.2, -0.15) is 5.26 Å². The highest BCUT2D eigenvalue weighted by Crippen LogP contribution is 2.32. The molecule has 29 heavy (non-hydrogen) atoms. The van der Waals surface area contributed by atoms with Crippen LogP contribution in [0, 0.1) is 17.2 Å². The number of carbonyl (C=O) groups excluding carboxylic acids is 2. The second kappa shape index (κ2) is 8.22. The van der Waals surface area contributed by atoms with Crippen LogP contribution in [0.2, 0.25) is 0 Å². The first kappa shape index (κ1) is 19.4. The Balaban J connectivity index is 1.47. The number of rotatable bonds is 6. The third-order valence-corrected chi connectivity index (χ3v) is 6.64. The van der Waals surface area contributed by atoms with E-state index >= 15 is 0 Å². The van der Waals surface area contributed by atoms with Gasteiger partial charge in [-0.15, -0.1) is 11.3 Å². The number of hydrogen-bond donors (Lipinski definition) is 0. The van der Waals surface area contributed by atoms with Crippen molar-refractivity contribution in [1.29, 1.82) is 5.26 Å². The van der Waals surface area contributed by atoms with E-state index in [-0.39, 0.29) is 12.4 Å². The lowest BCUT2D eigenvalue weighted by Gasteiger charge is -2.16. The summed E-state index contributed by atoms with van der Waals surface area (Å²) in [6.07, 6.45) is 5.28. The van der Waals surface area contributed by atoms with Crippen molar-refractivity contribution < 1.29 is 14.3 Å². The molecule has 0 amide bonds. The van der Waals surface area contributed by atoms with Gasteiger partial charge >= 0.3 is 5.97 Å². The fourth-order valence-corrected chi connectivity index (χ4v) is 5.01. The minimum atomic E-state index is -0.432. The summed E-state index contributed by atoms with van der Waals surface area (Å²) < 4.78 is 7.25. The molecule has 1 aromatic carbocycles. The Morgan fingerprint density at radius 3 is 3.00 bits per heavy atom. The van der Waals surface area contributed by atoms with Crippen LogP contribution in [-0.2, 0) is 24.1 Å². The number of aromatic nitrogens is 1. The van der Waals surface area contributed by atoms with Crippen LogP contribution < -0.4 is 0 Å². The zero-order valence-corrected chi connectivity index (χ0v) is 17.1. The number of benzene rings is 1. The average Bonchev–Trinajstić information content (AvgIpc) is 3.31. The molecule has 2 aromatic heterocycles. The Bertz CT molecular complexity index is 1120. The third-order valence-electron chi connectivity index (χ3n) is 5.42. The zero-order chi connectivity index (χ0) is 20.4. The summed E-state index contributed by atoms with van der Waals surface area (Å²) in [5.41, 5.74) is 2.66. The maximum atomic E-state index is 12.8. The standard InChI is InChI=1S/C23H22N2O3S/c1-15-7-8-21-16(11-15)12-22(29-21)23(27)28-14-20(26)18-13-25(10-4-9-24)19-6-3-2-5-17(18)19/h2-3,5-6,12-13,15H,4,7-8,10-11,14H2,1H3/t15-/m0/s1. The van der Waals surface area contributed by atoms with Gasteiger partial charge in [-0.1, -0.05) is 25.1 Å². The van der Waals surface area contributed by atoms with Gasteiger partial charge in [-0.3, -0.25) is 4.79 Å². The Morgan fingerprint density at radius 2 is 2.17 bits per heavy atom. The van der Waals surface area contributed by atoms with Crippen LogP contribution in [0.5, 0.6) is 0 Å². The molecule has 4 rings (SSSR count). The van der Waals surface area contributed by atoms with Crippen LogP contribution in [-0.4, -0.2) is 22.9 Å². The van der Waals surface area contributed by atoms with Crippen molar-refractivity contribution in [2.24, 2.45) is 5.92 Å². The predicted octanol–water partition coefficient (Wildman–Crippen LogP) is 4.78. The quantitative estimate of drug-likeness (QED) is 0.436. The Labute approximate surface area is 173 Å². The molecule has 1 atom stereocenters. The number of esters is 1. The Morgan fingerprint density at radius 1 is 1.34 bits per heavy atom. The maximum Gasteiger partial charge on any atom is 0.348 e. The largest absolute Gasteiger partial charge is 0.453 e. The molecule has 0 saturated heterocycles. The summed E-state index contributed by atoms with van der Waals surface area (Å²) in [4.78, 5) is 27.1. The van der Waals surface area contributed by atoms with Crippen molar-refractivity contribution in [2.75, 3.05) is 6.61 Å². The predicted molar refractivity (Wildman–Crippen MR) is 112 cm³/mol. The molecule has 1 aliphatic carbocycles. The number of nitriles is 1. The van der Waals surface area contributed by atoms with Crippen LogP contribution >= 0.6 is 11.3 Å². The number of para-hydroxylation sites is 1. The van der Waals surface area contributed by atoms with Crippen molar-refractivity contribution >= 4 is 34.0 Å². The van der Waals surface area contributed by atoms with Gasteiger partial charge in [-0.05, 0) is 42.9 Å². The lowest BCUT2D eigenvalue weighted by Crippen LogP contribution is -2.13. The summed E-state index contributed by atoms with van der Waals surface area (Å²) in [5, 5.41) is 9.67. The number of nitrogens with zero attached hydrogens (tertiary/aromatic N) is 2. The van der Waals surface area contributed by atoms with Crippen LogP contribution in [0.25, 0.3) is 10.9 Å². The van der Waals surface area contributed by atoms with E-state index in [2.05, 4.69) is 13.0 Å². The molecule has 3 aromatic rings. The molecule has 0 unspecified atom stereocenters. The van der Waals surface area contributed by atoms with Gasteiger partial charge in [0.15, 0.2) is 6.61 Å². The van der Waals surface area contributed by atoms with Gasteiger partial charge in [0.05, 0.1) is 12.5 Å². The average molecular weight is 407 g/mol. The molecular weight excluding hydrogens is 384 g/mol. The first-order valence-electron chi connectivity index (χ1n) is 9.83. The van der Waals surface area contributed by atoms with Crippen molar-refractivity contribution in [1.82, 2.24) is 4.57 Å². The molecule has 0 saturated carbocycles. The highest BCUT2D eigenvalue weighted by atomic mass is 32.1. The number of hydrogen-bond acceptors (Lipinski definition) is 5. The van der Waals surface area contributed by atoms with Gasteiger partial charge in [-0.25, -0.2) is 4.79 Å². The van der Waals surface area contributed by atoms with Gasteiger partial charge in [0.2, 0.25) is 5.78 Å². The molecular formula is C23H22N2O3S. The number of ketones is 1. The molecule has 0 aliphatic heterocycles. The summed E-state index contributed by atoms with van der Waals surface area (Å²) in [6.45, 7) is 2.46. The first-order valence-corrected chi connectivity index (χ1v) is 10.6. The second-order valence-corrected chi connectivity index (χ2v) is 8.70. The smallest absolute Gasteiger partial charge is 0.348 e. The van der Waals surface area contributed by atoms with Crippen LogP contribution in [0.3, 0.4) is 0 Å². The van der Waals surface area contributed by atoms with Gasteiger partial charge in [0, 0.05) is 34.1 Å². The van der Waals surface area contributed by atoms with E-state index in [0.717, 1.165) is 30.2 Å². The number of ether oxygens (including phenoxy) is 1. The van der Waals surface area contributed by atoms with Gasteiger partial charge < -0.3 is 9.30 Å². The second-order valence-electron chi connectivity index (χ2n) is 7.57. The van der Waals surface area contributed by atoms with E-state index in [1.165, 1.54) is 21.8 Å². The highest BCUT2D eigenvalue weighted by molar-refractivity contribution is 7.14. The lowest BCUT2D eigenvalue weighted by molar-refractivity contribution is 0.0480. The Kier molecular flexibility index (Phi) is 5.50. The van der Waals surface area contributed by atoms with E-state index in [0.29, 0.717) is 29.3 Å². The van der Waals surface area contributed by atoms with Crippen molar-refractivity contribution in [3.05, 3.63) is 57.4 Å². The first-order chi connectivity index (χ1) is 14.1. The fraction of sp³-hybridized carbons (Fsp3) is 0.348. The molecule has 2 heterocycles. The number of Topliss-reactive ketones (excluding diaryl/α,β-unsaturated/α-hetero) is 1. The highest BCUT2D eigenvalue weighted by Gasteiger charge is 2.22. The zero-order valence-electron chi connectivity index (χ0n) is 16.3. The number of carbonyl (C=O) groups is 2. The minimum Gasteiger partial charge on any atom is -0.453 e. The normalized spacial score (nSPS) is 15.7. The van der Waals surface area contributed by atoms with Gasteiger partial charge in [0.1, 0.15) is 4.88 Å². The molecule has 5 nitrogen and oxygen atoms in total.